The first-order chi connectivity index (χ1) is 13.8. The number of anilines is 1. The Bertz CT molecular complexity index is 833. The molecule has 2 heterocycles. The molecule has 0 aromatic carbocycles. The predicted octanol–water partition coefficient (Wildman–Crippen LogP) is 2.31. The van der Waals surface area contributed by atoms with Crippen molar-refractivity contribution in [3.63, 3.8) is 0 Å². The zero-order valence-electron chi connectivity index (χ0n) is 17.6. The Kier molecular flexibility index (Phi) is 5.77. The average molecular weight is 466 g/mol. The largest absolute Gasteiger partial charge is 0.380 e. The van der Waals surface area contributed by atoms with Crippen molar-refractivity contribution in [1.82, 2.24) is 20.0 Å². The van der Waals surface area contributed by atoms with E-state index >= 15 is 0 Å². The van der Waals surface area contributed by atoms with Crippen LogP contribution in [0.25, 0.3) is 0 Å². The number of hydrogen-bond acceptors (Lipinski definition) is 5. The number of rotatable bonds is 4. The van der Waals surface area contributed by atoms with Crippen molar-refractivity contribution in [3.05, 3.63) is 21.0 Å². The minimum atomic E-state index is -0.259. The summed E-state index contributed by atoms with van der Waals surface area (Å²) in [7, 11) is 0. The molecule has 3 aliphatic rings. The number of carbonyl (C=O) groups is 1. The quantitative estimate of drug-likeness (QED) is 0.712. The van der Waals surface area contributed by atoms with Crippen LogP contribution in [0.1, 0.15) is 40.0 Å². The molecular formula is C21H32BrN5O2. The summed E-state index contributed by atoms with van der Waals surface area (Å²) in [6, 6.07) is 0.344. The fraction of sp³-hybridized carbons (Fsp3) is 0.762. The summed E-state index contributed by atoms with van der Waals surface area (Å²) >= 11 is 3.46. The van der Waals surface area contributed by atoms with Crippen LogP contribution in [-0.2, 0) is 11.3 Å². The second-order valence-electron chi connectivity index (χ2n) is 9.51. The summed E-state index contributed by atoms with van der Waals surface area (Å²) in [5, 5.41) is 11.1. The smallest absolute Gasteiger partial charge is 0.283 e. The molecule has 2 bridgehead atoms. The van der Waals surface area contributed by atoms with Gasteiger partial charge >= 0.3 is 0 Å². The number of aromatic nitrogens is 2. The number of piperazine rings is 1. The first-order valence-corrected chi connectivity index (χ1v) is 11.6. The predicted molar refractivity (Wildman–Crippen MR) is 117 cm³/mol. The molecule has 8 heteroatoms. The molecule has 4 rings (SSSR count). The lowest BCUT2D eigenvalue weighted by molar-refractivity contribution is -0.132. The van der Waals surface area contributed by atoms with Gasteiger partial charge in [-0.1, -0.05) is 20.8 Å². The van der Waals surface area contributed by atoms with Crippen molar-refractivity contribution in [2.75, 3.05) is 31.5 Å². The highest BCUT2D eigenvalue weighted by Crippen LogP contribution is 2.57. The zero-order chi connectivity index (χ0) is 20.8. The molecule has 1 amide bonds. The Balaban J connectivity index is 1.46. The summed E-state index contributed by atoms with van der Waals surface area (Å²) < 4.78 is 1.72. The summed E-state index contributed by atoms with van der Waals surface area (Å²) in [6.45, 7) is 10.1. The Hall–Kier alpha value is -1.41. The van der Waals surface area contributed by atoms with Gasteiger partial charge < -0.3 is 15.5 Å². The van der Waals surface area contributed by atoms with Gasteiger partial charge in [0, 0.05) is 32.2 Å². The first kappa shape index (κ1) is 20.8. The first-order valence-electron chi connectivity index (χ1n) is 10.8. The SMILES string of the molecule is C[C@@H]1[C@H]2CC[C@@H](C[C@H]1Nc1cnn(CC(=O)N3CCNCC3)c(=O)c1Br)C2(C)C. The Morgan fingerprint density at radius 1 is 1.34 bits per heavy atom. The van der Waals surface area contributed by atoms with E-state index in [0.717, 1.165) is 31.1 Å². The fourth-order valence-corrected chi connectivity index (χ4v) is 6.22. The third-order valence-corrected chi connectivity index (χ3v) is 8.49. The molecule has 2 aliphatic carbocycles. The van der Waals surface area contributed by atoms with Crippen molar-refractivity contribution in [3.8, 4) is 0 Å². The molecule has 4 atom stereocenters. The standard InChI is InChI=1S/C21H32BrN5O2/c1-13-15-5-4-14(21(15,2)3)10-16(13)25-17-11-24-27(20(29)19(17)22)12-18(28)26-8-6-23-7-9-26/h11,13-16,23,25H,4-10,12H2,1-3H3/t13-,14+,15-,16-/m1/s1. The summed E-state index contributed by atoms with van der Waals surface area (Å²) in [4.78, 5) is 27.1. The van der Waals surface area contributed by atoms with Crippen molar-refractivity contribution < 1.29 is 4.79 Å². The lowest BCUT2D eigenvalue weighted by Gasteiger charge is -2.46. The van der Waals surface area contributed by atoms with Crippen LogP contribution in [0.15, 0.2) is 15.5 Å². The van der Waals surface area contributed by atoms with Crippen molar-refractivity contribution in [2.45, 2.75) is 52.6 Å². The van der Waals surface area contributed by atoms with Crippen molar-refractivity contribution in [1.29, 1.82) is 0 Å². The number of hydrogen-bond donors (Lipinski definition) is 2. The Morgan fingerprint density at radius 3 is 2.79 bits per heavy atom. The van der Waals surface area contributed by atoms with Crippen LogP contribution in [0.5, 0.6) is 0 Å². The second kappa shape index (κ2) is 8.02. The van der Waals surface area contributed by atoms with E-state index in [0.29, 0.717) is 40.9 Å². The van der Waals surface area contributed by atoms with Gasteiger partial charge in [-0.05, 0) is 58.4 Å². The second-order valence-corrected chi connectivity index (χ2v) is 10.3. The normalized spacial score (nSPS) is 31.0. The van der Waals surface area contributed by atoms with E-state index in [2.05, 4.69) is 52.4 Å². The van der Waals surface area contributed by atoms with Crippen LogP contribution in [0.3, 0.4) is 0 Å². The van der Waals surface area contributed by atoms with Crippen LogP contribution in [0.4, 0.5) is 5.69 Å². The lowest BCUT2D eigenvalue weighted by atomic mass is 9.62. The zero-order valence-corrected chi connectivity index (χ0v) is 19.2. The van der Waals surface area contributed by atoms with Crippen LogP contribution < -0.4 is 16.2 Å². The van der Waals surface area contributed by atoms with E-state index in [-0.39, 0.29) is 18.0 Å². The summed E-state index contributed by atoms with van der Waals surface area (Å²) in [6.07, 6.45) is 5.41. The molecule has 1 aromatic heterocycles. The van der Waals surface area contributed by atoms with Crippen molar-refractivity contribution >= 4 is 27.5 Å². The maximum absolute atomic E-state index is 12.8. The molecule has 0 spiro atoms. The lowest BCUT2D eigenvalue weighted by Crippen LogP contribution is -2.48. The maximum atomic E-state index is 12.8. The van der Waals surface area contributed by atoms with Crippen LogP contribution in [0.2, 0.25) is 0 Å². The van der Waals surface area contributed by atoms with Gasteiger partial charge in [0.15, 0.2) is 0 Å². The molecule has 1 aromatic rings. The van der Waals surface area contributed by atoms with Gasteiger partial charge in [0.1, 0.15) is 11.0 Å². The van der Waals surface area contributed by atoms with Gasteiger partial charge in [-0.25, -0.2) is 4.68 Å². The summed E-state index contributed by atoms with van der Waals surface area (Å²) in [5.41, 5.74) is 0.878. The minimum absolute atomic E-state index is 0.0180. The van der Waals surface area contributed by atoms with E-state index in [4.69, 9.17) is 0 Å². The molecule has 2 saturated carbocycles. The third kappa shape index (κ3) is 3.85. The molecule has 2 N–H and O–H groups in total. The highest BCUT2D eigenvalue weighted by Gasteiger charge is 2.51. The van der Waals surface area contributed by atoms with Crippen molar-refractivity contribution in [2.24, 2.45) is 23.2 Å². The molecule has 160 valence electrons. The number of amides is 1. The van der Waals surface area contributed by atoms with Gasteiger partial charge in [-0.2, -0.15) is 5.10 Å². The van der Waals surface area contributed by atoms with E-state index < -0.39 is 0 Å². The van der Waals surface area contributed by atoms with E-state index in [9.17, 15) is 9.59 Å². The van der Waals surface area contributed by atoms with Gasteiger partial charge in [0.2, 0.25) is 5.91 Å². The molecule has 0 radical (unpaired) electrons. The fourth-order valence-electron chi connectivity index (χ4n) is 5.80. The maximum Gasteiger partial charge on any atom is 0.283 e. The Labute approximate surface area is 180 Å². The molecule has 1 saturated heterocycles. The minimum Gasteiger partial charge on any atom is -0.380 e. The topological polar surface area (TPSA) is 79.3 Å². The molecule has 0 unspecified atom stereocenters. The van der Waals surface area contributed by atoms with Gasteiger partial charge in [-0.15, -0.1) is 0 Å². The van der Waals surface area contributed by atoms with E-state index in [1.165, 1.54) is 17.5 Å². The van der Waals surface area contributed by atoms with Crippen LogP contribution >= 0.6 is 15.9 Å². The number of carbonyl (C=O) groups excluding carboxylic acids is 1. The van der Waals surface area contributed by atoms with Crippen LogP contribution in [0, 0.1) is 23.2 Å². The summed E-state index contributed by atoms with van der Waals surface area (Å²) in [5.74, 6) is 1.92. The third-order valence-electron chi connectivity index (χ3n) is 7.72. The highest BCUT2D eigenvalue weighted by atomic mass is 79.9. The number of halogens is 1. The monoisotopic (exact) mass is 465 g/mol. The average Bonchev–Trinajstić information content (AvgIpc) is 2.88. The molecule has 29 heavy (non-hydrogen) atoms. The molecule has 3 fully saturated rings. The molecule has 1 aliphatic heterocycles. The number of fused-ring (bicyclic) bond motifs is 2. The van der Waals surface area contributed by atoms with Crippen LogP contribution in [-0.4, -0.2) is 52.8 Å². The van der Waals surface area contributed by atoms with Gasteiger partial charge in [0.05, 0.1) is 11.9 Å². The van der Waals surface area contributed by atoms with E-state index in [1.54, 1.807) is 11.1 Å². The number of nitrogens with one attached hydrogen (secondary N) is 2. The van der Waals surface area contributed by atoms with Gasteiger partial charge in [-0.3, -0.25) is 9.59 Å². The Morgan fingerprint density at radius 2 is 2.07 bits per heavy atom. The molecule has 7 nitrogen and oxygen atoms in total. The number of nitrogens with zero attached hydrogens (tertiary/aromatic N) is 3. The highest BCUT2D eigenvalue weighted by molar-refractivity contribution is 9.10. The van der Waals surface area contributed by atoms with Gasteiger partial charge in [0.25, 0.3) is 5.56 Å². The van der Waals surface area contributed by atoms with E-state index in [1.807, 2.05) is 0 Å². The molecular weight excluding hydrogens is 434 g/mol.